The summed E-state index contributed by atoms with van der Waals surface area (Å²) in [7, 11) is 0. The van der Waals surface area contributed by atoms with E-state index < -0.39 is 12.1 Å². The third-order valence-corrected chi connectivity index (χ3v) is 4.16. The van der Waals surface area contributed by atoms with E-state index in [1.54, 1.807) is 0 Å². The molecule has 2 unspecified atom stereocenters. The highest BCUT2D eigenvalue weighted by Crippen LogP contribution is 2.37. The van der Waals surface area contributed by atoms with E-state index in [0.717, 1.165) is 18.4 Å². The van der Waals surface area contributed by atoms with Crippen LogP contribution in [0.4, 0.5) is 13.2 Å². The lowest BCUT2D eigenvalue weighted by atomic mass is 9.85. The predicted octanol–water partition coefficient (Wildman–Crippen LogP) is 4.46. The monoisotopic (exact) mass is 285 g/mol. The molecule has 20 heavy (non-hydrogen) atoms. The lowest BCUT2D eigenvalue weighted by Crippen LogP contribution is -2.38. The average molecular weight is 285 g/mol. The van der Waals surface area contributed by atoms with Gasteiger partial charge in [0.1, 0.15) is 0 Å². The normalized spacial score (nSPS) is 23.8. The molecule has 1 aliphatic rings. The van der Waals surface area contributed by atoms with E-state index in [0.29, 0.717) is 13.0 Å². The third kappa shape index (κ3) is 4.23. The molecular formula is C16H22F3N. The topological polar surface area (TPSA) is 12.0 Å². The minimum absolute atomic E-state index is 0.0128. The third-order valence-electron chi connectivity index (χ3n) is 4.16. The minimum Gasteiger partial charge on any atom is -0.310 e. The molecule has 1 nitrogen and oxygen atoms in total. The van der Waals surface area contributed by atoms with Crippen molar-refractivity contribution in [2.75, 3.05) is 0 Å². The van der Waals surface area contributed by atoms with Crippen LogP contribution in [0.3, 0.4) is 0 Å². The Bertz CT molecular complexity index is 411. The summed E-state index contributed by atoms with van der Waals surface area (Å²) >= 11 is 0. The first kappa shape index (κ1) is 15.4. The van der Waals surface area contributed by atoms with Crippen LogP contribution in [0.1, 0.15) is 43.7 Å². The quantitative estimate of drug-likeness (QED) is 0.861. The number of aryl methyl sites for hydroxylation is 1. The molecule has 0 amide bonds. The number of hydrogen-bond donors (Lipinski definition) is 1. The summed E-state index contributed by atoms with van der Waals surface area (Å²) < 4.78 is 38.2. The SMILES string of the molecule is CCc1ccc(CNC2CCCC(C(F)(F)F)C2)cc1. The van der Waals surface area contributed by atoms with Crippen LogP contribution in [0.5, 0.6) is 0 Å². The molecular weight excluding hydrogens is 263 g/mol. The Morgan fingerprint density at radius 2 is 1.75 bits per heavy atom. The van der Waals surface area contributed by atoms with E-state index in [4.69, 9.17) is 0 Å². The smallest absolute Gasteiger partial charge is 0.310 e. The second-order valence-corrected chi connectivity index (χ2v) is 5.65. The number of nitrogens with one attached hydrogen (secondary N) is 1. The average Bonchev–Trinajstić information content (AvgIpc) is 2.45. The fourth-order valence-electron chi connectivity index (χ4n) is 2.83. The molecule has 2 atom stereocenters. The summed E-state index contributed by atoms with van der Waals surface area (Å²) in [5.74, 6) is -1.13. The van der Waals surface area contributed by atoms with Crippen molar-refractivity contribution in [1.82, 2.24) is 5.32 Å². The highest BCUT2D eigenvalue weighted by molar-refractivity contribution is 5.22. The van der Waals surface area contributed by atoms with E-state index in [-0.39, 0.29) is 18.9 Å². The molecule has 1 aromatic rings. The van der Waals surface area contributed by atoms with Crippen LogP contribution in [0, 0.1) is 5.92 Å². The van der Waals surface area contributed by atoms with Gasteiger partial charge in [0.2, 0.25) is 0 Å². The first-order valence-electron chi connectivity index (χ1n) is 7.37. The molecule has 1 N–H and O–H groups in total. The summed E-state index contributed by atoms with van der Waals surface area (Å²) in [5, 5.41) is 3.28. The molecule has 112 valence electrons. The Hall–Kier alpha value is -1.03. The van der Waals surface area contributed by atoms with Crippen LogP contribution in [-0.2, 0) is 13.0 Å². The van der Waals surface area contributed by atoms with Crippen molar-refractivity contribution < 1.29 is 13.2 Å². The van der Waals surface area contributed by atoms with Crippen LogP contribution in [0.25, 0.3) is 0 Å². The van der Waals surface area contributed by atoms with Crippen molar-refractivity contribution >= 4 is 0 Å². The Balaban J connectivity index is 1.83. The zero-order valence-electron chi connectivity index (χ0n) is 11.8. The number of alkyl halides is 3. The molecule has 0 bridgehead atoms. The van der Waals surface area contributed by atoms with Gasteiger partial charge in [0.05, 0.1) is 5.92 Å². The van der Waals surface area contributed by atoms with Gasteiger partial charge in [0.15, 0.2) is 0 Å². The number of hydrogen-bond acceptors (Lipinski definition) is 1. The Morgan fingerprint density at radius 3 is 2.35 bits per heavy atom. The maximum atomic E-state index is 12.7. The number of benzene rings is 1. The summed E-state index contributed by atoms with van der Waals surface area (Å²) in [5.41, 5.74) is 2.42. The lowest BCUT2D eigenvalue weighted by molar-refractivity contribution is -0.183. The lowest BCUT2D eigenvalue weighted by Gasteiger charge is -2.31. The Kier molecular flexibility index (Phi) is 5.08. The predicted molar refractivity (Wildman–Crippen MR) is 74.5 cm³/mol. The van der Waals surface area contributed by atoms with Crippen LogP contribution in [-0.4, -0.2) is 12.2 Å². The van der Waals surface area contributed by atoms with Crippen LogP contribution < -0.4 is 5.32 Å². The van der Waals surface area contributed by atoms with E-state index in [1.807, 2.05) is 0 Å². The standard InChI is InChI=1S/C16H22F3N/c1-2-12-6-8-13(9-7-12)11-20-15-5-3-4-14(10-15)16(17,18)19/h6-9,14-15,20H,2-5,10-11H2,1H3. The molecule has 1 aromatic carbocycles. The summed E-state index contributed by atoms with van der Waals surface area (Å²) in [6.07, 6.45) is -1.02. The highest BCUT2D eigenvalue weighted by atomic mass is 19.4. The maximum Gasteiger partial charge on any atom is 0.391 e. The Labute approximate surface area is 118 Å². The number of halogens is 3. The van der Waals surface area contributed by atoms with Gasteiger partial charge >= 0.3 is 6.18 Å². The number of rotatable bonds is 4. The molecule has 1 saturated carbocycles. The molecule has 0 aliphatic heterocycles. The van der Waals surface area contributed by atoms with Crippen molar-refractivity contribution in [3.63, 3.8) is 0 Å². The first-order valence-corrected chi connectivity index (χ1v) is 7.37. The van der Waals surface area contributed by atoms with Crippen LogP contribution in [0.2, 0.25) is 0 Å². The van der Waals surface area contributed by atoms with Crippen molar-refractivity contribution in [3.05, 3.63) is 35.4 Å². The zero-order valence-corrected chi connectivity index (χ0v) is 11.8. The molecule has 2 rings (SSSR count). The van der Waals surface area contributed by atoms with Gasteiger partial charge in [-0.15, -0.1) is 0 Å². The maximum absolute atomic E-state index is 12.7. The largest absolute Gasteiger partial charge is 0.391 e. The van der Waals surface area contributed by atoms with Crippen LogP contribution in [0.15, 0.2) is 24.3 Å². The zero-order chi connectivity index (χ0) is 14.6. The molecule has 4 heteroatoms. The van der Waals surface area contributed by atoms with E-state index in [2.05, 4.69) is 36.5 Å². The second kappa shape index (κ2) is 6.61. The fourth-order valence-corrected chi connectivity index (χ4v) is 2.83. The van der Waals surface area contributed by atoms with Gasteiger partial charge in [-0.25, -0.2) is 0 Å². The molecule has 0 heterocycles. The molecule has 1 fully saturated rings. The van der Waals surface area contributed by atoms with E-state index in [1.165, 1.54) is 5.56 Å². The van der Waals surface area contributed by atoms with Gasteiger partial charge in [-0.2, -0.15) is 13.2 Å². The molecule has 0 aromatic heterocycles. The molecule has 0 radical (unpaired) electrons. The van der Waals surface area contributed by atoms with E-state index in [9.17, 15) is 13.2 Å². The Morgan fingerprint density at radius 1 is 1.10 bits per heavy atom. The van der Waals surface area contributed by atoms with Crippen molar-refractivity contribution in [2.24, 2.45) is 5.92 Å². The van der Waals surface area contributed by atoms with E-state index >= 15 is 0 Å². The minimum atomic E-state index is -4.04. The van der Waals surface area contributed by atoms with Crippen molar-refractivity contribution in [2.45, 2.75) is 57.8 Å². The van der Waals surface area contributed by atoms with Gasteiger partial charge in [-0.05, 0) is 36.8 Å². The summed E-state index contributed by atoms with van der Waals surface area (Å²) in [6, 6.07) is 8.25. The van der Waals surface area contributed by atoms with Crippen molar-refractivity contribution in [1.29, 1.82) is 0 Å². The molecule has 0 spiro atoms. The van der Waals surface area contributed by atoms with Gasteiger partial charge in [0, 0.05) is 12.6 Å². The highest BCUT2D eigenvalue weighted by Gasteiger charge is 2.41. The second-order valence-electron chi connectivity index (χ2n) is 5.65. The summed E-state index contributed by atoms with van der Waals surface area (Å²) in [6.45, 7) is 2.76. The van der Waals surface area contributed by atoms with Gasteiger partial charge < -0.3 is 5.32 Å². The molecule has 0 saturated heterocycles. The first-order chi connectivity index (χ1) is 9.49. The van der Waals surface area contributed by atoms with Gasteiger partial charge in [0.25, 0.3) is 0 Å². The van der Waals surface area contributed by atoms with Gasteiger partial charge in [-0.1, -0.05) is 37.6 Å². The summed E-state index contributed by atoms with van der Waals surface area (Å²) in [4.78, 5) is 0. The molecule has 1 aliphatic carbocycles. The van der Waals surface area contributed by atoms with Gasteiger partial charge in [-0.3, -0.25) is 0 Å². The fraction of sp³-hybridized carbons (Fsp3) is 0.625. The van der Waals surface area contributed by atoms with Crippen molar-refractivity contribution in [3.8, 4) is 0 Å². The van der Waals surface area contributed by atoms with Crippen LogP contribution >= 0.6 is 0 Å².